The van der Waals surface area contributed by atoms with Gasteiger partial charge in [-0.3, -0.25) is 19.4 Å². The average molecular weight is 382 g/mol. The molecule has 2 N–H and O–H groups in total. The number of hydrogen-bond donors (Lipinski definition) is 2. The van der Waals surface area contributed by atoms with Crippen molar-refractivity contribution < 1.29 is 19.1 Å². The lowest BCUT2D eigenvalue weighted by molar-refractivity contribution is -0.129. The second-order valence-corrected chi connectivity index (χ2v) is 6.45. The van der Waals surface area contributed by atoms with Crippen LogP contribution >= 0.6 is 0 Å². The fraction of sp³-hybridized carbons (Fsp3) is 0.300. The lowest BCUT2D eigenvalue weighted by Gasteiger charge is -2.17. The Morgan fingerprint density at radius 3 is 2.54 bits per heavy atom. The minimum atomic E-state index is -0.484. The van der Waals surface area contributed by atoms with Crippen molar-refractivity contribution in [3.05, 3.63) is 54.4 Å². The van der Waals surface area contributed by atoms with Crippen LogP contribution in [0.5, 0.6) is 5.75 Å². The van der Waals surface area contributed by atoms with Crippen molar-refractivity contribution in [1.29, 1.82) is 0 Å². The number of nitrogens with zero attached hydrogens (tertiary/aromatic N) is 2. The second-order valence-electron chi connectivity index (χ2n) is 6.45. The van der Waals surface area contributed by atoms with Crippen LogP contribution in [0.4, 0.5) is 5.69 Å². The van der Waals surface area contributed by atoms with Crippen molar-refractivity contribution in [2.75, 3.05) is 25.1 Å². The molecule has 3 amide bonds. The molecule has 3 rings (SSSR count). The van der Waals surface area contributed by atoms with Gasteiger partial charge in [-0.15, -0.1) is 0 Å². The summed E-state index contributed by atoms with van der Waals surface area (Å²) in [5, 5.41) is 5.34. The summed E-state index contributed by atoms with van der Waals surface area (Å²) in [5.74, 6) is -0.498. The van der Waals surface area contributed by atoms with Crippen molar-refractivity contribution in [2.45, 2.75) is 13.0 Å². The molecule has 1 aliphatic rings. The lowest BCUT2D eigenvalue weighted by Crippen LogP contribution is -2.40. The van der Waals surface area contributed by atoms with E-state index in [1.807, 2.05) is 0 Å². The number of aromatic nitrogens is 1. The molecular formula is C20H22N4O4. The summed E-state index contributed by atoms with van der Waals surface area (Å²) in [6.07, 6.45) is 3.42. The average Bonchev–Trinajstić information content (AvgIpc) is 3.13. The van der Waals surface area contributed by atoms with Crippen molar-refractivity contribution >= 4 is 23.4 Å². The molecule has 1 aliphatic heterocycles. The van der Waals surface area contributed by atoms with Crippen LogP contribution in [0.15, 0.2) is 48.8 Å². The molecule has 0 saturated carbocycles. The molecule has 146 valence electrons. The molecule has 8 nitrogen and oxygen atoms in total. The van der Waals surface area contributed by atoms with Crippen molar-refractivity contribution in [2.24, 2.45) is 5.92 Å². The van der Waals surface area contributed by atoms with E-state index in [1.165, 1.54) is 0 Å². The number of benzene rings is 1. The van der Waals surface area contributed by atoms with E-state index in [1.54, 1.807) is 60.8 Å². The van der Waals surface area contributed by atoms with Gasteiger partial charge in [0.2, 0.25) is 17.7 Å². The predicted molar refractivity (Wildman–Crippen MR) is 103 cm³/mol. The number of rotatable bonds is 7. The van der Waals surface area contributed by atoms with Crippen LogP contribution in [0, 0.1) is 5.92 Å². The quantitative estimate of drug-likeness (QED) is 0.740. The zero-order chi connectivity index (χ0) is 19.9. The van der Waals surface area contributed by atoms with E-state index in [0.29, 0.717) is 12.3 Å². The third kappa shape index (κ3) is 4.85. The standard InChI is InChI=1S/C20H22N4O4/c1-28-17-4-2-16(3-5-17)24-13-15(10-19(24)26)20(27)23-12-18(25)22-11-14-6-8-21-9-7-14/h2-9,15H,10-13H2,1H3,(H,22,25)(H,23,27)/t15-/m1/s1. The molecule has 1 aromatic heterocycles. The van der Waals surface area contributed by atoms with Gasteiger partial charge in [-0.1, -0.05) is 0 Å². The normalized spacial score (nSPS) is 16.0. The number of anilines is 1. The van der Waals surface area contributed by atoms with Gasteiger partial charge in [0, 0.05) is 37.6 Å². The Morgan fingerprint density at radius 1 is 1.14 bits per heavy atom. The molecule has 1 fully saturated rings. The first-order chi connectivity index (χ1) is 13.6. The van der Waals surface area contributed by atoms with Gasteiger partial charge >= 0.3 is 0 Å². The minimum Gasteiger partial charge on any atom is -0.497 e. The molecule has 2 aromatic rings. The van der Waals surface area contributed by atoms with Crippen molar-refractivity contribution in [3.63, 3.8) is 0 Å². The van der Waals surface area contributed by atoms with E-state index in [4.69, 9.17) is 4.74 Å². The predicted octanol–water partition coefficient (Wildman–Crippen LogP) is 0.876. The topological polar surface area (TPSA) is 101 Å². The number of pyridine rings is 1. The number of amides is 3. The fourth-order valence-corrected chi connectivity index (χ4v) is 2.97. The highest BCUT2D eigenvalue weighted by Crippen LogP contribution is 2.26. The number of hydrogen-bond acceptors (Lipinski definition) is 5. The van der Waals surface area contributed by atoms with Gasteiger partial charge < -0.3 is 20.3 Å². The van der Waals surface area contributed by atoms with Gasteiger partial charge in [0.1, 0.15) is 5.75 Å². The highest BCUT2D eigenvalue weighted by atomic mass is 16.5. The molecule has 2 heterocycles. The van der Waals surface area contributed by atoms with E-state index < -0.39 is 5.92 Å². The Balaban J connectivity index is 1.46. The lowest BCUT2D eigenvalue weighted by atomic mass is 10.1. The second kappa shape index (κ2) is 8.98. The first kappa shape index (κ1) is 19.3. The molecule has 0 radical (unpaired) electrons. The summed E-state index contributed by atoms with van der Waals surface area (Å²) in [4.78, 5) is 42.0. The summed E-state index contributed by atoms with van der Waals surface area (Å²) in [6, 6.07) is 10.7. The monoisotopic (exact) mass is 382 g/mol. The summed E-state index contributed by atoms with van der Waals surface area (Å²) in [5.41, 5.74) is 1.64. The molecule has 0 aliphatic carbocycles. The van der Waals surface area contributed by atoms with E-state index in [9.17, 15) is 14.4 Å². The molecule has 1 atom stereocenters. The number of nitrogens with one attached hydrogen (secondary N) is 2. The molecule has 0 spiro atoms. The molecule has 0 unspecified atom stereocenters. The van der Waals surface area contributed by atoms with Crippen LogP contribution < -0.4 is 20.3 Å². The first-order valence-electron chi connectivity index (χ1n) is 8.94. The van der Waals surface area contributed by atoms with Gasteiger partial charge in [-0.2, -0.15) is 0 Å². The fourth-order valence-electron chi connectivity index (χ4n) is 2.97. The van der Waals surface area contributed by atoms with Crippen molar-refractivity contribution in [1.82, 2.24) is 15.6 Å². The molecular weight excluding hydrogens is 360 g/mol. The number of carbonyl (C=O) groups is 3. The van der Waals surface area contributed by atoms with Gasteiger partial charge in [0.25, 0.3) is 0 Å². The van der Waals surface area contributed by atoms with Crippen molar-refractivity contribution in [3.8, 4) is 5.75 Å². The highest BCUT2D eigenvalue weighted by Gasteiger charge is 2.35. The Hall–Kier alpha value is -3.42. The third-order valence-electron chi connectivity index (χ3n) is 4.54. The molecule has 0 bridgehead atoms. The Labute approximate surface area is 162 Å². The Bertz CT molecular complexity index is 839. The Kier molecular flexibility index (Phi) is 6.21. The third-order valence-corrected chi connectivity index (χ3v) is 4.54. The SMILES string of the molecule is COc1ccc(N2C[C@H](C(=O)NCC(=O)NCc3ccncc3)CC2=O)cc1. The molecule has 28 heavy (non-hydrogen) atoms. The minimum absolute atomic E-state index is 0.118. The smallest absolute Gasteiger partial charge is 0.239 e. The number of ether oxygens (including phenoxy) is 1. The first-order valence-corrected chi connectivity index (χ1v) is 8.94. The van der Waals surface area contributed by atoms with Crippen LogP contribution in [0.1, 0.15) is 12.0 Å². The van der Waals surface area contributed by atoms with Gasteiger partial charge in [-0.25, -0.2) is 0 Å². The van der Waals surface area contributed by atoms with Crippen LogP contribution in [-0.2, 0) is 20.9 Å². The van der Waals surface area contributed by atoms with E-state index in [0.717, 1.165) is 11.3 Å². The van der Waals surface area contributed by atoms with Crippen LogP contribution in [-0.4, -0.2) is 42.9 Å². The zero-order valence-electron chi connectivity index (χ0n) is 15.6. The molecule has 1 aromatic carbocycles. The van der Waals surface area contributed by atoms with Gasteiger partial charge in [0.15, 0.2) is 0 Å². The number of methoxy groups -OCH3 is 1. The molecule has 8 heteroatoms. The van der Waals surface area contributed by atoms with Crippen LogP contribution in [0.25, 0.3) is 0 Å². The summed E-state index contributed by atoms with van der Waals surface area (Å²) in [6.45, 7) is 0.525. The van der Waals surface area contributed by atoms with Crippen LogP contribution in [0.2, 0.25) is 0 Å². The highest BCUT2D eigenvalue weighted by molar-refractivity contribution is 6.00. The largest absolute Gasteiger partial charge is 0.497 e. The maximum atomic E-state index is 12.3. The van der Waals surface area contributed by atoms with Gasteiger partial charge in [0.05, 0.1) is 19.6 Å². The van der Waals surface area contributed by atoms with E-state index >= 15 is 0 Å². The maximum absolute atomic E-state index is 12.3. The summed E-state index contributed by atoms with van der Waals surface area (Å²) >= 11 is 0. The maximum Gasteiger partial charge on any atom is 0.239 e. The zero-order valence-corrected chi connectivity index (χ0v) is 15.6. The van der Waals surface area contributed by atoms with Crippen LogP contribution in [0.3, 0.4) is 0 Å². The number of carbonyl (C=O) groups excluding carboxylic acids is 3. The van der Waals surface area contributed by atoms with E-state index in [-0.39, 0.29) is 37.2 Å². The molecule has 1 saturated heterocycles. The van der Waals surface area contributed by atoms with Gasteiger partial charge in [-0.05, 0) is 42.0 Å². The summed E-state index contributed by atoms with van der Waals surface area (Å²) < 4.78 is 5.11. The Morgan fingerprint density at radius 2 is 1.86 bits per heavy atom. The summed E-state index contributed by atoms with van der Waals surface area (Å²) in [7, 11) is 1.57. The van der Waals surface area contributed by atoms with E-state index in [2.05, 4.69) is 15.6 Å².